The van der Waals surface area contributed by atoms with Gasteiger partial charge in [-0.05, 0) is 56.0 Å². The van der Waals surface area contributed by atoms with Crippen molar-refractivity contribution < 1.29 is 38.4 Å². The highest BCUT2D eigenvalue weighted by Crippen LogP contribution is 2.51. The van der Waals surface area contributed by atoms with Crippen molar-refractivity contribution in [3.05, 3.63) is 66.1 Å². The number of anilines is 3. The first-order chi connectivity index (χ1) is 25.6. The van der Waals surface area contributed by atoms with E-state index in [1.807, 2.05) is 4.72 Å². The van der Waals surface area contributed by atoms with Gasteiger partial charge in [0.25, 0.3) is 10.0 Å². The number of hydrogen-bond acceptors (Lipinski definition) is 13. The maximum Gasteiger partial charge on any atom is 0.267 e. The van der Waals surface area contributed by atoms with Crippen molar-refractivity contribution in [2.24, 2.45) is 5.41 Å². The molecule has 5 aliphatic rings. The minimum absolute atomic E-state index is 0.0210. The molecule has 9 rings (SSSR count). The fourth-order valence-electron chi connectivity index (χ4n) is 8.75. The summed E-state index contributed by atoms with van der Waals surface area (Å²) in [6.45, 7) is 1.29. The number of hydrogen-bond donors (Lipinski definition) is 2. The molecule has 5 fully saturated rings. The van der Waals surface area contributed by atoms with E-state index in [2.05, 4.69) is 20.1 Å². The molecule has 4 saturated heterocycles. The van der Waals surface area contributed by atoms with Crippen LogP contribution in [0.1, 0.15) is 25.7 Å². The second kappa shape index (κ2) is 12.6. The lowest BCUT2D eigenvalue weighted by Crippen LogP contribution is -2.62. The van der Waals surface area contributed by atoms with Crippen LogP contribution >= 0.6 is 11.3 Å². The molecule has 1 saturated carbocycles. The number of aromatic nitrogens is 3. The second-order valence-corrected chi connectivity index (χ2v) is 21.8. The minimum atomic E-state index is -4.89. The van der Waals surface area contributed by atoms with Gasteiger partial charge in [-0.1, -0.05) is 23.5 Å². The number of nitrogens with one attached hydrogen (secondary N) is 2. The highest BCUT2D eigenvalue weighted by atomic mass is 32.2. The largest absolute Gasteiger partial charge is 0.351 e. The summed E-state index contributed by atoms with van der Waals surface area (Å²) in [5, 5.41) is 3.88. The number of likely N-dealkylation sites (tertiary alicyclic amines) is 1. The number of piperazine rings is 1. The van der Waals surface area contributed by atoms with Crippen LogP contribution < -0.4 is 14.9 Å². The van der Waals surface area contributed by atoms with Crippen molar-refractivity contribution >= 4 is 57.8 Å². The van der Waals surface area contributed by atoms with Gasteiger partial charge in [-0.15, -0.1) is 0 Å². The fraction of sp³-hybridized carbons (Fsp3) is 0.441. The molecule has 286 valence electrons. The Morgan fingerprint density at radius 1 is 0.852 bits per heavy atom. The number of benzene rings is 2. The second-order valence-electron chi connectivity index (χ2n) is 15.0. The predicted molar refractivity (Wildman–Crippen MR) is 197 cm³/mol. The lowest BCUT2D eigenvalue weighted by atomic mass is 9.67. The van der Waals surface area contributed by atoms with Crippen molar-refractivity contribution in [1.29, 1.82) is 0 Å². The quantitative estimate of drug-likeness (QED) is 0.250. The minimum Gasteiger partial charge on any atom is -0.351 e. The van der Waals surface area contributed by atoms with E-state index in [-0.39, 0.29) is 63.9 Å². The van der Waals surface area contributed by atoms with Gasteiger partial charge in [0.05, 0.1) is 45.0 Å². The summed E-state index contributed by atoms with van der Waals surface area (Å²) < 4.78 is 121. The Morgan fingerprint density at radius 3 is 2.17 bits per heavy atom. The van der Waals surface area contributed by atoms with Crippen LogP contribution in [0.5, 0.6) is 0 Å². The summed E-state index contributed by atoms with van der Waals surface area (Å²) >= 11 is 1.29. The summed E-state index contributed by atoms with van der Waals surface area (Å²) in [5.41, 5.74) is -0.235. The third-order valence-corrected chi connectivity index (χ3v) is 17.5. The Hall–Kier alpha value is -3.85. The molecular formula is C34H34F3N7O6S4. The van der Waals surface area contributed by atoms with E-state index >= 15 is 4.39 Å². The molecule has 2 atom stereocenters. The van der Waals surface area contributed by atoms with E-state index in [0.29, 0.717) is 47.6 Å². The molecule has 20 heteroatoms. The Kier molecular flexibility index (Phi) is 8.35. The number of sulfone groups is 2. The number of halogens is 3. The van der Waals surface area contributed by atoms with Crippen LogP contribution in [0.4, 0.5) is 29.9 Å². The molecule has 2 bridgehead atoms. The van der Waals surface area contributed by atoms with Crippen LogP contribution in [-0.4, -0.2) is 105 Å². The summed E-state index contributed by atoms with van der Waals surface area (Å²) in [5.74, 6) is -2.73. The van der Waals surface area contributed by atoms with Gasteiger partial charge in [0.1, 0.15) is 11.6 Å². The first kappa shape index (κ1) is 35.8. The maximum absolute atomic E-state index is 16.5. The molecule has 1 spiro atoms. The van der Waals surface area contributed by atoms with E-state index < -0.39 is 57.7 Å². The molecule has 1 aliphatic carbocycles. The highest BCUT2D eigenvalue weighted by molar-refractivity contribution is 7.93. The van der Waals surface area contributed by atoms with Gasteiger partial charge >= 0.3 is 0 Å². The smallest absolute Gasteiger partial charge is 0.267 e. The topological polar surface area (TPSA) is 172 Å². The average Bonchev–Trinajstić information content (AvgIpc) is 3.60. The van der Waals surface area contributed by atoms with Gasteiger partial charge in [-0.2, -0.15) is 0 Å². The average molecular weight is 822 g/mol. The van der Waals surface area contributed by atoms with Crippen LogP contribution in [0, 0.1) is 22.9 Å². The summed E-state index contributed by atoms with van der Waals surface area (Å²) in [6, 6.07) is 8.26. The van der Waals surface area contributed by atoms with Crippen LogP contribution in [0.15, 0.2) is 53.6 Å². The van der Waals surface area contributed by atoms with Crippen LogP contribution in [0.25, 0.3) is 21.8 Å². The molecule has 0 radical (unpaired) electrons. The van der Waals surface area contributed by atoms with Gasteiger partial charge < -0.3 is 10.2 Å². The standard InChI is InChI=1S/C34H34F3N7O6S4/c35-24-4-2-5-25(36)31(24)54(49,50)42-26-6-1-3-23(28(26)37)29-30(27-9-10-38-32(40-27)39-19-11-34(12-19)17-53(47,48)18-34)51-33(41-29)44-20-7-8-21(44)14-43(13-20)22-15-52(45,46)16-22/h1-6,9-10,19-22,42H,7-8,11-18H2,(H,38,39,40). The zero-order chi connectivity index (χ0) is 37.8. The van der Waals surface area contributed by atoms with Crippen LogP contribution in [0.2, 0.25) is 0 Å². The Morgan fingerprint density at radius 2 is 1.52 bits per heavy atom. The monoisotopic (exact) mass is 821 g/mol. The molecular weight excluding hydrogens is 788 g/mol. The van der Waals surface area contributed by atoms with Gasteiger partial charge in [0.2, 0.25) is 5.95 Å². The Bertz CT molecular complexity index is 2470. The van der Waals surface area contributed by atoms with E-state index in [1.54, 1.807) is 12.3 Å². The van der Waals surface area contributed by atoms with Crippen molar-refractivity contribution in [1.82, 2.24) is 19.9 Å². The number of rotatable bonds is 9. The maximum atomic E-state index is 16.5. The SMILES string of the molecule is O=S1(=O)CC(N2CC3CCC(C2)N3c2nc(-c3cccc(NS(=O)(=O)c4c(F)cccc4F)c3F)c(-c3ccnc(NC4CC5(C4)CS(=O)(=O)C5)n3)s2)C1. The van der Waals surface area contributed by atoms with Crippen LogP contribution in [0.3, 0.4) is 0 Å². The number of sulfonamides is 1. The van der Waals surface area contributed by atoms with E-state index in [4.69, 9.17) is 9.97 Å². The molecule has 2 unspecified atom stereocenters. The molecule has 4 aromatic rings. The molecule has 2 aromatic carbocycles. The zero-order valence-electron chi connectivity index (χ0n) is 28.5. The van der Waals surface area contributed by atoms with Gasteiger partial charge in [0.15, 0.2) is 35.5 Å². The Labute approximate surface area is 313 Å². The zero-order valence-corrected chi connectivity index (χ0v) is 31.7. The third kappa shape index (κ3) is 6.32. The first-order valence-corrected chi connectivity index (χ1v) is 23.3. The van der Waals surface area contributed by atoms with Crippen LogP contribution in [-0.2, 0) is 29.7 Å². The molecule has 2 N–H and O–H groups in total. The van der Waals surface area contributed by atoms with Crippen molar-refractivity contribution in [3.63, 3.8) is 0 Å². The molecule has 0 amide bonds. The van der Waals surface area contributed by atoms with Gasteiger partial charge in [-0.25, -0.2) is 53.4 Å². The summed E-state index contributed by atoms with van der Waals surface area (Å²) in [7, 11) is -10.9. The highest BCUT2D eigenvalue weighted by Gasteiger charge is 2.56. The Balaban J connectivity index is 1.06. The van der Waals surface area contributed by atoms with E-state index in [9.17, 15) is 34.0 Å². The lowest BCUT2D eigenvalue weighted by Gasteiger charge is -2.53. The van der Waals surface area contributed by atoms with E-state index in [0.717, 1.165) is 37.1 Å². The molecule has 4 aliphatic heterocycles. The predicted octanol–water partition coefficient (Wildman–Crippen LogP) is 3.92. The molecule has 13 nitrogen and oxygen atoms in total. The number of thiazole rings is 1. The molecule has 6 heterocycles. The normalized spacial score (nSPS) is 24.5. The summed E-state index contributed by atoms with van der Waals surface area (Å²) in [4.78, 5) is 17.7. The molecule has 2 aromatic heterocycles. The van der Waals surface area contributed by atoms with Crippen molar-refractivity contribution in [2.45, 2.75) is 54.7 Å². The van der Waals surface area contributed by atoms with Crippen molar-refractivity contribution in [3.8, 4) is 21.8 Å². The van der Waals surface area contributed by atoms with Gasteiger partial charge in [0, 0.05) is 54.4 Å². The molecule has 54 heavy (non-hydrogen) atoms. The lowest BCUT2D eigenvalue weighted by molar-refractivity contribution is 0.153. The third-order valence-electron chi connectivity index (χ3n) is 11.1. The summed E-state index contributed by atoms with van der Waals surface area (Å²) in [6.07, 6.45) is 4.60. The fourth-order valence-corrected chi connectivity index (χ4v) is 14.9. The van der Waals surface area contributed by atoms with E-state index in [1.165, 1.54) is 23.5 Å². The number of fused-ring (bicyclic) bond motifs is 2. The van der Waals surface area contributed by atoms with Crippen molar-refractivity contribution in [2.75, 3.05) is 51.0 Å². The number of nitrogens with zero attached hydrogens (tertiary/aromatic N) is 5. The first-order valence-electron chi connectivity index (χ1n) is 17.4. The van der Waals surface area contributed by atoms with Gasteiger partial charge in [-0.3, -0.25) is 9.62 Å².